The van der Waals surface area contributed by atoms with Gasteiger partial charge in [0.2, 0.25) is 5.95 Å². The minimum atomic E-state index is -0.968. The van der Waals surface area contributed by atoms with E-state index in [0.717, 1.165) is 11.1 Å². The largest absolute Gasteiger partial charge is 0.491 e. The summed E-state index contributed by atoms with van der Waals surface area (Å²) in [6.45, 7) is 1.95. The molecule has 0 aliphatic carbocycles. The summed E-state index contributed by atoms with van der Waals surface area (Å²) < 4.78 is 8.35. The van der Waals surface area contributed by atoms with Gasteiger partial charge in [0.1, 0.15) is 18.5 Å². The molecule has 170 valence electrons. The third-order valence-corrected chi connectivity index (χ3v) is 4.95. The lowest BCUT2D eigenvalue weighted by Gasteiger charge is -2.15. The van der Waals surface area contributed by atoms with Gasteiger partial charge in [0.25, 0.3) is 5.56 Å². The van der Waals surface area contributed by atoms with Crippen molar-refractivity contribution >= 4 is 23.3 Å². The lowest BCUT2D eigenvalue weighted by Crippen LogP contribution is -2.30. The molecule has 0 aliphatic rings. The number of aromatic amines is 1. The molecule has 4 aromatic rings. The van der Waals surface area contributed by atoms with Gasteiger partial charge in [-0.3, -0.25) is 19.3 Å². The number of ether oxygens (including phenoxy) is 1. The van der Waals surface area contributed by atoms with E-state index in [9.17, 15) is 14.7 Å². The number of pyridine rings is 1. The molecule has 1 aromatic carbocycles. The average Bonchev–Trinajstić information content (AvgIpc) is 3.16. The fourth-order valence-electron chi connectivity index (χ4n) is 3.20. The van der Waals surface area contributed by atoms with Gasteiger partial charge in [-0.15, -0.1) is 0 Å². The zero-order valence-electron chi connectivity index (χ0n) is 18.1. The molecule has 11 heteroatoms. The van der Waals surface area contributed by atoms with Crippen molar-refractivity contribution in [2.24, 2.45) is 12.1 Å². The number of nitrogens with one attached hydrogen (secondary N) is 2. The third-order valence-electron chi connectivity index (χ3n) is 4.95. The molecular weight excluding hydrogens is 426 g/mol. The van der Waals surface area contributed by atoms with E-state index in [1.54, 1.807) is 30.7 Å². The summed E-state index contributed by atoms with van der Waals surface area (Å²) >= 11 is 0. The van der Waals surface area contributed by atoms with E-state index in [2.05, 4.69) is 25.5 Å². The monoisotopic (exact) mass is 449 g/mol. The minimum absolute atomic E-state index is 0.00781. The Kier molecular flexibility index (Phi) is 6.31. The molecular formula is C22H23N7O4. The summed E-state index contributed by atoms with van der Waals surface area (Å²) in [6.07, 6.45) is 3.86. The number of fused-ring (bicyclic) bond motifs is 1. The topological polar surface area (TPSA) is 139 Å². The number of hydrazone groups is 1. The van der Waals surface area contributed by atoms with E-state index in [-0.39, 0.29) is 30.3 Å². The number of benzene rings is 1. The summed E-state index contributed by atoms with van der Waals surface area (Å²) in [4.78, 5) is 35.1. The minimum Gasteiger partial charge on any atom is -0.491 e. The van der Waals surface area contributed by atoms with Crippen molar-refractivity contribution in [3.8, 4) is 5.75 Å². The van der Waals surface area contributed by atoms with Crippen molar-refractivity contribution in [1.82, 2.24) is 24.1 Å². The fraction of sp³-hybridized carbons (Fsp3) is 0.227. The van der Waals surface area contributed by atoms with Crippen LogP contribution in [0, 0.1) is 6.92 Å². The van der Waals surface area contributed by atoms with Gasteiger partial charge in [0, 0.05) is 19.4 Å². The maximum atomic E-state index is 12.6. The molecule has 0 saturated carbocycles. The first-order valence-corrected chi connectivity index (χ1v) is 10.2. The van der Waals surface area contributed by atoms with Gasteiger partial charge in [-0.25, -0.2) is 10.2 Å². The summed E-state index contributed by atoms with van der Waals surface area (Å²) in [7, 11) is 1.50. The number of H-pyrrole nitrogens is 1. The Morgan fingerprint density at radius 2 is 1.94 bits per heavy atom. The Labute approximate surface area is 188 Å². The maximum Gasteiger partial charge on any atom is 0.329 e. The lowest BCUT2D eigenvalue weighted by molar-refractivity contribution is 0.0938. The standard InChI is InChI=1S/C22H23N7O4/c1-14-3-5-17(6-4-14)33-13-16(30)12-29-18-19(28(2)22(32)26-20(18)31)25-21(29)27-24-11-15-7-9-23-10-8-15/h3-11,16,30H,12-13H2,1-2H3,(H,25,27)(H,26,31,32)/b24-11+. The number of nitrogens with zero attached hydrogens (tertiary/aromatic N) is 5. The summed E-state index contributed by atoms with van der Waals surface area (Å²) in [6, 6.07) is 11.0. The Balaban J connectivity index is 1.61. The SMILES string of the molecule is Cc1ccc(OCC(O)Cn2c(N/N=C/c3ccncc3)nc3c2c(=O)[nH]c(=O)n3C)cc1. The Morgan fingerprint density at radius 1 is 1.21 bits per heavy atom. The van der Waals surface area contributed by atoms with E-state index >= 15 is 0 Å². The van der Waals surface area contributed by atoms with Gasteiger partial charge >= 0.3 is 5.69 Å². The van der Waals surface area contributed by atoms with Crippen molar-refractivity contribution < 1.29 is 9.84 Å². The number of aliphatic hydroxyl groups is 1. The molecule has 0 bridgehead atoms. The zero-order chi connectivity index (χ0) is 23.4. The maximum absolute atomic E-state index is 12.6. The first-order valence-electron chi connectivity index (χ1n) is 10.2. The lowest BCUT2D eigenvalue weighted by atomic mass is 10.2. The van der Waals surface area contributed by atoms with Crippen LogP contribution in [-0.2, 0) is 13.6 Å². The van der Waals surface area contributed by atoms with Crippen LogP contribution in [0.1, 0.15) is 11.1 Å². The van der Waals surface area contributed by atoms with Gasteiger partial charge in [0.15, 0.2) is 11.2 Å². The van der Waals surface area contributed by atoms with Crippen LogP contribution < -0.4 is 21.4 Å². The van der Waals surface area contributed by atoms with Gasteiger partial charge in [-0.2, -0.15) is 10.1 Å². The molecule has 0 aliphatic heterocycles. The molecule has 0 amide bonds. The average molecular weight is 449 g/mol. The molecule has 0 saturated heterocycles. The quantitative estimate of drug-likeness (QED) is 0.269. The van der Waals surface area contributed by atoms with E-state index in [1.807, 2.05) is 31.2 Å². The van der Waals surface area contributed by atoms with Gasteiger partial charge in [-0.1, -0.05) is 17.7 Å². The second kappa shape index (κ2) is 9.49. The Hall–Kier alpha value is -4.25. The number of aromatic nitrogens is 5. The number of hydrogen-bond acceptors (Lipinski definition) is 8. The normalized spacial score (nSPS) is 12.3. The Morgan fingerprint density at radius 3 is 2.67 bits per heavy atom. The first kappa shape index (κ1) is 22.0. The van der Waals surface area contributed by atoms with Crippen molar-refractivity contribution in [3.05, 3.63) is 80.8 Å². The second-order valence-corrected chi connectivity index (χ2v) is 7.46. The van der Waals surface area contributed by atoms with Crippen molar-refractivity contribution in [1.29, 1.82) is 0 Å². The molecule has 33 heavy (non-hydrogen) atoms. The van der Waals surface area contributed by atoms with Crippen LogP contribution in [0.15, 0.2) is 63.5 Å². The summed E-state index contributed by atoms with van der Waals surface area (Å²) in [5, 5.41) is 14.8. The molecule has 1 atom stereocenters. The van der Waals surface area contributed by atoms with Crippen molar-refractivity contribution in [2.75, 3.05) is 12.0 Å². The van der Waals surface area contributed by atoms with Gasteiger partial charge in [-0.05, 0) is 36.8 Å². The third kappa shape index (κ3) is 4.99. The number of aliphatic hydroxyl groups excluding tert-OH is 1. The number of aryl methyl sites for hydroxylation is 2. The number of anilines is 1. The molecule has 3 aromatic heterocycles. The van der Waals surface area contributed by atoms with Crippen LogP contribution in [0.3, 0.4) is 0 Å². The predicted octanol–water partition coefficient (Wildman–Crippen LogP) is 1.01. The number of rotatable bonds is 8. The first-order chi connectivity index (χ1) is 15.9. The van der Waals surface area contributed by atoms with E-state index in [1.165, 1.54) is 16.2 Å². The number of imidazole rings is 1. The molecule has 0 fully saturated rings. The molecule has 3 heterocycles. The Bertz CT molecular complexity index is 1390. The molecule has 11 nitrogen and oxygen atoms in total. The molecule has 3 N–H and O–H groups in total. The fourth-order valence-corrected chi connectivity index (χ4v) is 3.20. The molecule has 1 unspecified atom stereocenters. The predicted molar refractivity (Wildman–Crippen MR) is 124 cm³/mol. The van der Waals surface area contributed by atoms with Crippen LogP contribution in [0.2, 0.25) is 0 Å². The van der Waals surface area contributed by atoms with E-state index in [0.29, 0.717) is 5.75 Å². The van der Waals surface area contributed by atoms with Crippen molar-refractivity contribution in [2.45, 2.75) is 19.6 Å². The van der Waals surface area contributed by atoms with Crippen LogP contribution >= 0.6 is 0 Å². The summed E-state index contributed by atoms with van der Waals surface area (Å²) in [5.41, 5.74) is 3.79. The highest BCUT2D eigenvalue weighted by atomic mass is 16.5. The zero-order valence-corrected chi connectivity index (χ0v) is 18.1. The van der Waals surface area contributed by atoms with Crippen molar-refractivity contribution in [3.63, 3.8) is 0 Å². The highest BCUT2D eigenvalue weighted by Crippen LogP contribution is 2.17. The molecule has 0 radical (unpaired) electrons. The van der Waals surface area contributed by atoms with Crippen LogP contribution in [-0.4, -0.2) is 48.1 Å². The highest BCUT2D eigenvalue weighted by Gasteiger charge is 2.20. The second-order valence-electron chi connectivity index (χ2n) is 7.46. The number of hydrogen-bond donors (Lipinski definition) is 3. The van der Waals surface area contributed by atoms with Gasteiger partial charge in [0.05, 0.1) is 12.8 Å². The van der Waals surface area contributed by atoms with Crippen LogP contribution in [0.4, 0.5) is 5.95 Å². The van der Waals surface area contributed by atoms with Crippen LogP contribution in [0.25, 0.3) is 11.2 Å². The smallest absolute Gasteiger partial charge is 0.329 e. The highest BCUT2D eigenvalue weighted by molar-refractivity contribution is 5.80. The van der Waals surface area contributed by atoms with E-state index < -0.39 is 17.4 Å². The van der Waals surface area contributed by atoms with Gasteiger partial charge < -0.3 is 14.4 Å². The molecule has 0 spiro atoms. The molecule has 4 rings (SSSR count). The summed E-state index contributed by atoms with van der Waals surface area (Å²) in [5.74, 6) is 0.812. The van der Waals surface area contributed by atoms with Crippen LogP contribution in [0.5, 0.6) is 5.75 Å². The van der Waals surface area contributed by atoms with E-state index in [4.69, 9.17) is 4.74 Å².